The largest absolute Gasteiger partial charge is 0.497 e. The van der Waals surface area contributed by atoms with Gasteiger partial charge in [-0.1, -0.05) is 12.8 Å². The molecule has 1 aromatic carbocycles. The van der Waals surface area contributed by atoms with Crippen LogP contribution in [0.3, 0.4) is 0 Å². The predicted octanol–water partition coefficient (Wildman–Crippen LogP) is 2.96. The van der Waals surface area contributed by atoms with Crippen LogP contribution in [0.1, 0.15) is 37.7 Å². The molecule has 1 N–H and O–H groups in total. The summed E-state index contributed by atoms with van der Waals surface area (Å²) < 4.78 is 5.21. The fourth-order valence-corrected chi connectivity index (χ4v) is 4.78. The molecule has 0 amide bonds. The number of rotatable bonds is 7. The molecule has 1 aliphatic carbocycles. The monoisotopic (exact) mass is 396 g/mol. The van der Waals surface area contributed by atoms with Gasteiger partial charge in [0, 0.05) is 68.4 Å². The lowest BCUT2D eigenvalue weighted by Gasteiger charge is -2.44. The third-order valence-electron chi connectivity index (χ3n) is 6.33. The van der Waals surface area contributed by atoms with E-state index in [0.29, 0.717) is 6.04 Å². The minimum atomic E-state index is 0.265. The molecule has 0 bridgehead atoms. The Hall–Kier alpha value is -2.02. The van der Waals surface area contributed by atoms with Crippen molar-refractivity contribution >= 4 is 0 Å². The molecule has 29 heavy (non-hydrogen) atoms. The maximum atomic E-state index is 9.55. The summed E-state index contributed by atoms with van der Waals surface area (Å²) in [5, 5.41) is 9.55. The second-order valence-corrected chi connectivity index (χ2v) is 8.22. The van der Waals surface area contributed by atoms with Crippen LogP contribution in [0.25, 0.3) is 11.4 Å². The Labute approximate surface area is 173 Å². The van der Waals surface area contributed by atoms with Gasteiger partial charge in [-0.3, -0.25) is 9.80 Å². The van der Waals surface area contributed by atoms with E-state index in [4.69, 9.17) is 4.74 Å². The van der Waals surface area contributed by atoms with Gasteiger partial charge in [0.2, 0.25) is 0 Å². The van der Waals surface area contributed by atoms with Crippen LogP contribution in [0.5, 0.6) is 5.75 Å². The topological polar surface area (TPSA) is 61.7 Å². The molecule has 1 saturated heterocycles. The van der Waals surface area contributed by atoms with Crippen LogP contribution >= 0.6 is 0 Å². The summed E-state index contributed by atoms with van der Waals surface area (Å²) in [6.45, 7) is 4.31. The van der Waals surface area contributed by atoms with E-state index in [2.05, 4.69) is 19.8 Å². The van der Waals surface area contributed by atoms with Crippen molar-refractivity contribution in [3.63, 3.8) is 0 Å². The molecule has 2 heterocycles. The number of benzene rings is 1. The summed E-state index contributed by atoms with van der Waals surface area (Å²) in [7, 11) is 1.67. The third-order valence-corrected chi connectivity index (χ3v) is 6.33. The molecule has 2 aromatic rings. The highest BCUT2D eigenvalue weighted by atomic mass is 16.5. The fourth-order valence-electron chi connectivity index (χ4n) is 4.78. The van der Waals surface area contributed by atoms with Gasteiger partial charge in [0.15, 0.2) is 5.82 Å². The number of aromatic nitrogens is 2. The summed E-state index contributed by atoms with van der Waals surface area (Å²) in [6, 6.07) is 9.00. The van der Waals surface area contributed by atoms with Crippen LogP contribution in [0, 0.1) is 0 Å². The van der Waals surface area contributed by atoms with Crippen molar-refractivity contribution in [1.82, 2.24) is 19.8 Å². The van der Waals surface area contributed by atoms with Gasteiger partial charge in [-0.05, 0) is 43.5 Å². The van der Waals surface area contributed by atoms with Gasteiger partial charge in [-0.25, -0.2) is 9.97 Å². The number of hydrogen-bond donors (Lipinski definition) is 1. The van der Waals surface area contributed by atoms with Crippen LogP contribution in [0.2, 0.25) is 0 Å². The van der Waals surface area contributed by atoms with E-state index in [1.54, 1.807) is 7.11 Å². The molecular weight excluding hydrogens is 364 g/mol. The molecule has 2 aliphatic rings. The molecule has 2 fully saturated rings. The van der Waals surface area contributed by atoms with Crippen molar-refractivity contribution in [2.24, 2.45) is 0 Å². The lowest BCUT2D eigenvalue weighted by molar-refractivity contribution is 0.0266. The number of aliphatic hydroxyl groups excluding tert-OH is 1. The van der Waals surface area contributed by atoms with E-state index < -0.39 is 0 Å². The number of hydrogen-bond acceptors (Lipinski definition) is 6. The average Bonchev–Trinajstić information content (AvgIpc) is 3.30. The fraction of sp³-hybridized carbons (Fsp3) is 0.565. The van der Waals surface area contributed by atoms with Crippen LogP contribution in [0.4, 0.5) is 0 Å². The van der Waals surface area contributed by atoms with Gasteiger partial charge in [-0.2, -0.15) is 0 Å². The zero-order valence-electron chi connectivity index (χ0n) is 17.3. The molecule has 1 saturated carbocycles. The summed E-state index contributed by atoms with van der Waals surface area (Å²) in [6.07, 6.45) is 10.1. The highest BCUT2D eigenvalue weighted by molar-refractivity contribution is 5.55. The first-order chi connectivity index (χ1) is 14.3. The Morgan fingerprint density at radius 2 is 1.79 bits per heavy atom. The number of piperazine rings is 1. The first kappa shape index (κ1) is 20.3. The van der Waals surface area contributed by atoms with E-state index >= 15 is 0 Å². The standard InChI is InChI=1S/C23H32N4O2/c1-29-22-8-6-19(7-9-22)23-24-14-18(15-25-23)16-26-11-12-27(20-4-2-3-5-20)21(17-26)10-13-28/h6-9,14-15,20-21,28H,2-5,10-13,16-17H2,1H3/t21-/m0/s1. The van der Waals surface area contributed by atoms with Crippen LogP contribution in [0.15, 0.2) is 36.7 Å². The van der Waals surface area contributed by atoms with Crippen molar-refractivity contribution in [1.29, 1.82) is 0 Å². The maximum Gasteiger partial charge on any atom is 0.159 e. The van der Waals surface area contributed by atoms with Gasteiger partial charge in [-0.15, -0.1) is 0 Å². The Morgan fingerprint density at radius 3 is 2.45 bits per heavy atom. The molecule has 1 aliphatic heterocycles. The molecule has 0 unspecified atom stereocenters. The van der Waals surface area contributed by atoms with Gasteiger partial charge in [0.05, 0.1) is 7.11 Å². The van der Waals surface area contributed by atoms with Crippen molar-refractivity contribution in [2.75, 3.05) is 33.4 Å². The van der Waals surface area contributed by atoms with Crippen molar-refractivity contribution in [3.8, 4) is 17.1 Å². The van der Waals surface area contributed by atoms with Gasteiger partial charge in [0.25, 0.3) is 0 Å². The van der Waals surface area contributed by atoms with Crippen molar-refractivity contribution in [3.05, 3.63) is 42.2 Å². The molecule has 6 nitrogen and oxygen atoms in total. The molecule has 0 spiro atoms. The second kappa shape index (κ2) is 9.65. The second-order valence-electron chi connectivity index (χ2n) is 8.22. The zero-order chi connectivity index (χ0) is 20.1. The molecule has 1 atom stereocenters. The zero-order valence-corrected chi connectivity index (χ0v) is 17.3. The van der Waals surface area contributed by atoms with E-state index in [1.807, 2.05) is 36.7 Å². The van der Waals surface area contributed by atoms with Gasteiger partial charge < -0.3 is 9.84 Å². The maximum absolute atomic E-state index is 9.55. The smallest absolute Gasteiger partial charge is 0.159 e. The highest BCUT2D eigenvalue weighted by Crippen LogP contribution is 2.28. The highest BCUT2D eigenvalue weighted by Gasteiger charge is 2.32. The van der Waals surface area contributed by atoms with E-state index in [-0.39, 0.29) is 6.61 Å². The summed E-state index contributed by atoms with van der Waals surface area (Å²) in [5.74, 6) is 1.57. The predicted molar refractivity (Wildman–Crippen MR) is 114 cm³/mol. The minimum absolute atomic E-state index is 0.265. The lowest BCUT2D eigenvalue weighted by Crippen LogP contribution is -2.56. The quantitative estimate of drug-likeness (QED) is 0.776. The molecule has 1 aromatic heterocycles. The van der Waals surface area contributed by atoms with Crippen LogP contribution in [-0.2, 0) is 6.54 Å². The summed E-state index contributed by atoms with van der Waals surface area (Å²) in [4.78, 5) is 14.3. The first-order valence-electron chi connectivity index (χ1n) is 10.8. The van der Waals surface area contributed by atoms with E-state index in [1.165, 1.54) is 25.7 Å². The Kier molecular flexibility index (Phi) is 6.74. The van der Waals surface area contributed by atoms with Crippen molar-refractivity contribution < 1.29 is 9.84 Å². The molecule has 156 valence electrons. The lowest BCUT2D eigenvalue weighted by atomic mass is 10.0. The van der Waals surface area contributed by atoms with Crippen LogP contribution in [-0.4, -0.2) is 70.3 Å². The average molecular weight is 397 g/mol. The van der Waals surface area contributed by atoms with E-state index in [0.717, 1.165) is 61.3 Å². The van der Waals surface area contributed by atoms with Crippen molar-refractivity contribution in [2.45, 2.75) is 50.7 Å². The van der Waals surface area contributed by atoms with Gasteiger partial charge >= 0.3 is 0 Å². The van der Waals surface area contributed by atoms with Gasteiger partial charge in [0.1, 0.15) is 5.75 Å². The number of nitrogens with zero attached hydrogens (tertiary/aromatic N) is 4. The number of ether oxygens (including phenoxy) is 1. The normalized spacial score (nSPS) is 21.5. The Balaban J connectivity index is 1.37. The molecule has 0 radical (unpaired) electrons. The van der Waals surface area contributed by atoms with Crippen LogP contribution < -0.4 is 4.74 Å². The number of methoxy groups -OCH3 is 1. The SMILES string of the molecule is COc1ccc(-c2ncc(CN3CCN(C4CCCC4)[C@@H](CCO)C3)cn2)cc1. The summed E-state index contributed by atoms with van der Waals surface area (Å²) >= 11 is 0. The Morgan fingerprint density at radius 1 is 1.07 bits per heavy atom. The molecular formula is C23H32N4O2. The number of aliphatic hydroxyl groups is 1. The van der Waals surface area contributed by atoms with E-state index in [9.17, 15) is 5.11 Å². The first-order valence-corrected chi connectivity index (χ1v) is 10.8. The third kappa shape index (κ3) is 4.94. The molecule has 4 rings (SSSR count). The Bertz CT molecular complexity index is 759. The minimum Gasteiger partial charge on any atom is -0.497 e. The molecule has 6 heteroatoms. The summed E-state index contributed by atoms with van der Waals surface area (Å²) in [5.41, 5.74) is 2.13.